The highest BCUT2D eigenvalue weighted by molar-refractivity contribution is 5.74. The predicted molar refractivity (Wildman–Crippen MR) is 130 cm³/mol. The summed E-state index contributed by atoms with van der Waals surface area (Å²) < 4.78 is 0. The highest BCUT2D eigenvalue weighted by atomic mass is 16.3. The van der Waals surface area contributed by atoms with Crippen LogP contribution in [0.5, 0.6) is 5.75 Å². The van der Waals surface area contributed by atoms with Crippen molar-refractivity contribution < 1.29 is 9.90 Å². The number of benzene rings is 1. The lowest BCUT2D eigenvalue weighted by Gasteiger charge is -2.25. The third-order valence-electron chi connectivity index (χ3n) is 5.41. The van der Waals surface area contributed by atoms with Crippen LogP contribution in [0.2, 0.25) is 0 Å². The quantitative estimate of drug-likeness (QED) is 0.496. The van der Waals surface area contributed by atoms with Gasteiger partial charge in [0.1, 0.15) is 11.6 Å². The molecule has 1 amide bonds. The molecule has 2 aromatic heterocycles. The number of nitrogens with zero attached hydrogens (tertiary/aromatic N) is 6. The van der Waals surface area contributed by atoms with E-state index in [9.17, 15) is 9.90 Å². The number of anilines is 3. The van der Waals surface area contributed by atoms with E-state index in [4.69, 9.17) is 5.73 Å². The zero-order chi connectivity index (χ0) is 23.9. The summed E-state index contributed by atoms with van der Waals surface area (Å²) in [4.78, 5) is 24.1. The monoisotopic (exact) mass is 458 g/mol. The number of nitrogens with two attached hydrogens (primary N) is 1. The molecule has 1 saturated heterocycles. The zero-order valence-corrected chi connectivity index (χ0v) is 18.9. The predicted octanol–water partition coefficient (Wildman–Crippen LogP) is 1.43. The number of nitrogens with one attached hydrogen (secondary N) is 1. The number of phenols is 1. The maximum Gasteiger partial charge on any atom is 0.217 e. The number of carbonyl (C=O) groups excluding carboxylic acids is 1. The number of hydrogen-bond donors (Lipinski definition) is 3. The van der Waals surface area contributed by atoms with Crippen molar-refractivity contribution in [3.05, 3.63) is 48.4 Å². The molecule has 10 heteroatoms. The van der Waals surface area contributed by atoms with Crippen LogP contribution in [0.25, 0.3) is 11.3 Å². The standard InChI is InChI=1S/C24H26N8O2/c1-17(33)26-10-4-8-22-27-11-9-23(28-22)32-13-5-12-31(14-15-32)20-16-19(29-30-24(20)25)18-6-2-3-7-21(18)34/h2-3,6-7,9,11,16,34H,5,10,12-15H2,1H3,(H2,25,30)(H,26,33). The summed E-state index contributed by atoms with van der Waals surface area (Å²) >= 11 is 0. The van der Waals surface area contributed by atoms with Crippen LogP contribution in [0.1, 0.15) is 19.2 Å². The SMILES string of the molecule is CC(=O)NCC#Cc1nccc(N2CCCN(c3cc(-c4ccccc4O)nnc3N)CC2)n1. The van der Waals surface area contributed by atoms with Gasteiger partial charge in [0.25, 0.3) is 0 Å². The first-order chi connectivity index (χ1) is 16.5. The molecule has 1 aromatic carbocycles. The smallest absolute Gasteiger partial charge is 0.217 e. The minimum Gasteiger partial charge on any atom is -0.507 e. The molecule has 3 heterocycles. The summed E-state index contributed by atoms with van der Waals surface area (Å²) in [5.41, 5.74) is 8.15. The molecule has 0 aliphatic carbocycles. The highest BCUT2D eigenvalue weighted by Crippen LogP contribution is 2.31. The van der Waals surface area contributed by atoms with Crippen molar-refractivity contribution >= 4 is 23.2 Å². The van der Waals surface area contributed by atoms with Gasteiger partial charge in [-0.25, -0.2) is 9.97 Å². The molecule has 4 rings (SSSR count). The second-order valence-electron chi connectivity index (χ2n) is 7.79. The molecule has 1 aliphatic rings. The molecule has 0 atom stereocenters. The van der Waals surface area contributed by atoms with E-state index in [0.717, 1.165) is 37.6 Å². The number of phenolic OH excluding ortho intramolecular Hbond substituents is 1. The van der Waals surface area contributed by atoms with Gasteiger partial charge in [0, 0.05) is 44.9 Å². The molecule has 0 unspecified atom stereocenters. The number of aromatic nitrogens is 4. The van der Waals surface area contributed by atoms with Crippen molar-refractivity contribution in [3.8, 4) is 28.8 Å². The zero-order valence-electron chi connectivity index (χ0n) is 18.9. The topological polar surface area (TPSA) is 133 Å². The van der Waals surface area contributed by atoms with Gasteiger partial charge in [0.05, 0.1) is 17.9 Å². The normalized spacial score (nSPS) is 13.6. The van der Waals surface area contributed by atoms with Crippen LogP contribution in [0.15, 0.2) is 42.6 Å². The number of para-hydroxylation sites is 1. The maximum atomic E-state index is 11.0. The molecule has 0 bridgehead atoms. The average molecular weight is 459 g/mol. The second-order valence-corrected chi connectivity index (χ2v) is 7.79. The van der Waals surface area contributed by atoms with Crippen molar-refractivity contribution in [2.45, 2.75) is 13.3 Å². The van der Waals surface area contributed by atoms with Gasteiger partial charge in [-0.1, -0.05) is 18.1 Å². The largest absolute Gasteiger partial charge is 0.507 e. The third-order valence-corrected chi connectivity index (χ3v) is 5.41. The first-order valence-electron chi connectivity index (χ1n) is 11.0. The Balaban J connectivity index is 1.48. The molecule has 0 saturated carbocycles. The van der Waals surface area contributed by atoms with Gasteiger partial charge in [0.2, 0.25) is 11.7 Å². The molecule has 3 aromatic rings. The Kier molecular flexibility index (Phi) is 7.03. The summed E-state index contributed by atoms with van der Waals surface area (Å²) in [5.74, 6) is 7.33. The molecular weight excluding hydrogens is 432 g/mol. The van der Waals surface area contributed by atoms with Gasteiger partial charge < -0.3 is 26.0 Å². The summed E-state index contributed by atoms with van der Waals surface area (Å²) in [7, 11) is 0. The Labute approximate surface area is 197 Å². The fourth-order valence-electron chi connectivity index (χ4n) is 3.73. The Bertz CT molecular complexity index is 1240. The van der Waals surface area contributed by atoms with Gasteiger partial charge in [-0.3, -0.25) is 4.79 Å². The fourth-order valence-corrected chi connectivity index (χ4v) is 3.73. The summed E-state index contributed by atoms with van der Waals surface area (Å²) in [5, 5.41) is 21.1. The maximum absolute atomic E-state index is 11.0. The summed E-state index contributed by atoms with van der Waals surface area (Å²) in [6.07, 6.45) is 2.58. The van der Waals surface area contributed by atoms with Crippen LogP contribution < -0.4 is 20.9 Å². The van der Waals surface area contributed by atoms with Gasteiger partial charge in [-0.2, -0.15) is 0 Å². The highest BCUT2D eigenvalue weighted by Gasteiger charge is 2.20. The van der Waals surface area contributed by atoms with E-state index in [1.54, 1.807) is 24.4 Å². The van der Waals surface area contributed by atoms with E-state index >= 15 is 0 Å². The van der Waals surface area contributed by atoms with Crippen LogP contribution in [-0.2, 0) is 4.79 Å². The van der Waals surface area contributed by atoms with Crippen LogP contribution in [0, 0.1) is 11.8 Å². The molecule has 34 heavy (non-hydrogen) atoms. The first kappa shape index (κ1) is 22.8. The van der Waals surface area contributed by atoms with E-state index in [2.05, 4.69) is 47.1 Å². The van der Waals surface area contributed by atoms with E-state index < -0.39 is 0 Å². The van der Waals surface area contributed by atoms with Crippen molar-refractivity contribution in [1.29, 1.82) is 0 Å². The number of rotatable bonds is 4. The second kappa shape index (κ2) is 10.5. The van der Waals surface area contributed by atoms with Crippen LogP contribution in [0.4, 0.5) is 17.3 Å². The molecule has 4 N–H and O–H groups in total. The lowest BCUT2D eigenvalue weighted by atomic mass is 10.1. The van der Waals surface area contributed by atoms with Crippen LogP contribution in [-0.4, -0.2) is 63.9 Å². The Morgan fingerprint density at radius 3 is 2.76 bits per heavy atom. The van der Waals surface area contributed by atoms with Crippen molar-refractivity contribution in [3.63, 3.8) is 0 Å². The Morgan fingerprint density at radius 1 is 1.15 bits per heavy atom. The van der Waals surface area contributed by atoms with Crippen LogP contribution >= 0.6 is 0 Å². The lowest BCUT2D eigenvalue weighted by molar-refractivity contribution is -0.118. The number of carbonyl (C=O) groups is 1. The number of amides is 1. The van der Waals surface area contributed by atoms with Gasteiger partial charge in [-0.05, 0) is 36.6 Å². The van der Waals surface area contributed by atoms with Crippen LogP contribution in [0.3, 0.4) is 0 Å². The van der Waals surface area contributed by atoms with E-state index in [0.29, 0.717) is 29.4 Å². The van der Waals surface area contributed by atoms with Gasteiger partial charge >= 0.3 is 0 Å². The molecule has 1 fully saturated rings. The molecule has 0 radical (unpaired) electrons. The van der Waals surface area contributed by atoms with Gasteiger partial charge in [0.15, 0.2) is 5.82 Å². The van der Waals surface area contributed by atoms with E-state index in [1.807, 2.05) is 18.2 Å². The molecule has 0 spiro atoms. The Hall–Kier alpha value is -4.39. The molecular formula is C24H26N8O2. The van der Waals surface area contributed by atoms with E-state index in [1.165, 1.54) is 6.92 Å². The van der Waals surface area contributed by atoms with Crippen molar-refractivity contribution in [1.82, 2.24) is 25.5 Å². The molecule has 174 valence electrons. The fraction of sp³-hybridized carbons (Fsp3) is 0.292. The average Bonchev–Trinajstić information content (AvgIpc) is 3.09. The van der Waals surface area contributed by atoms with E-state index in [-0.39, 0.29) is 18.2 Å². The van der Waals surface area contributed by atoms with Crippen molar-refractivity contribution in [2.75, 3.05) is 48.3 Å². The first-order valence-corrected chi connectivity index (χ1v) is 11.0. The summed E-state index contributed by atoms with van der Waals surface area (Å²) in [6, 6.07) is 10.8. The van der Waals surface area contributed by atoms with Gasteiger partial charge in [-0.15, -0.1) is 10.2 Å². The molecule has 10 nitrogen and oxygen atoms in total. The third kappa shape index (κ3) is 5.50. The minimum absolute atomic E-state index is 0.129. The molecule has 1 aliphatic heterocycles. The lowest BCUT2D eigenvalue weighted by Crippen LogP contribution is -2.31. The number of hydrogen-bond acceptors (Lipinski definition) is 9. The summed E-state index contributed by atoms with van der Waals surface area (Å²) in [6.45, 7) is 4.75. The number of nitrogen functional groups attached to an aromatic ring is 1. The minimum atomic E-state index is -0.129. The van der Waals surface area contributed by atoms with Crippen molar-refractivity contribution in [2.24, 2.45) is 0 Å². The number of aromatic hydroxyl groups is 1. The Morgan fingerprint density at radius 2 is 1.94 bits per heavy atom.